The van der Waals surface area contributed by atoms with Crippen LogP contribution in [0, 0.1) is 6.92 Å². The zero-order valence-electron chi connectivity index (χ0n) is 22.2. The van der Waals surface area contributed by atoms with Gasteiger partial charge in [-0.05, 0) is 76.0 Å². The van der Waals surface area contributed by atoms with Crippen LogP contribution < -0.4 is 14.2 Å². The summed E-state index contributed by atoms with van der Waals surface area (Å²) >= 11 is 0. The Labute approximate surface area is 227 Å². The number of aryl methyl sites for hydroxylation is 1. The van der Waals surface area contributed by atoms with Gasteiger partial charge >= 0.3 is 0 Å². The monoisotopic (exact) mass is 575 g/mol. The van der Waals surface area contributed by atoms with Crippen molar-refractivity contribution in [2.75, 3.05) is 53.0 Å². The van der Waals surface area contributed by atoms with Crippen molar-refractivity contribution in [3.8, 4) is 17.2 Å². The van der Waals surface area contributed by atoms with E-state index in [0.717, 1.165) is 24.1 Å². The van der Waals surface area contributed by atoms with Gasteiger partial charge in [-0.25, -0.2) is 16.8 Å². The van der Waals surface area contributed by atoms with Crippen molar-refractivity contribution in [1.29, 1.82) is 0 Å². The molecule has 0 saturated carbocycles. The van der Waals surface area contributed by atoms with Gasteiger partial charge in [-0.1, -0.05) is 17.7 Å². The quantitative estimate of drug-likeness (QED) is 0.399. The van der Waals surface area contributed by atoms with Crippen LogP contribution in [0.15, 0.2) is 36.4 Å². The van der Waals surface area contributed by atoms with Gasteiger partial charge in [0.15, 0.2) is 31.2 Å². The lowest BCUT2D eigenvalue weighted by Gasteiger charge is -2.38. The summed E-state index contributed by atoms with van der Waals surface area (Å²) < 4.78 is 68.2. The van der Waals surface area contributed by atoms with E-state index in [1.807, 2.05) is 32.2 Å². The van der Waals surface area contributed by atoms with E-state index in [1.54, 1.807) is 32.4 Å². The fourth-order valence-corrected chi connectivity index (χ4v) is 10.8. The topological polar surface area (TPSA) is 99.2 Å². The summed E-state index contributed by atoms with van der Waals surface area (Å²) in [6, 6.07) is 10.9. The minimum Gasteiger partial charge on any atom is -0.496 e. The molecule has 2 aromatic carbocycles. The third kappa shape index (κ3) is 6.35. The van der Waals surface area contributed by atoms with Crippen LogP contribution in [0.5, 0.6) is 17.2 Å². The number of hydrogen-bond donors (Lipinski definition) is 0. The van der Waals surface area contributed by atoms with Gasteiger partial charge < -0.3 is 19.1 Å². The molecule has 11 heteroatoms. The third-order valence-electron chi connectivity index (χ3n) is 6.87. The third-order valence-corrected chi connectivity index (χ3v) is 12.9. The molecule has 0 bridgehead atoms. The molecule has 37 heavy (non-hydrogen) atoms. The molecule has 1 aliphatic heterocycles. The van der Waals surface area contributed by atoms with Gasteiger partial charge in [-0.15, -0.1) is 12.4 Å². The van der Waals surface area contributed by atoms with Crippen LogP contribution in [0.2, 0.25) is 0 Å². The second-order valence-electron chi connectivity index (χ2n) is 9.29. The van der Waals surface area contributed by atoms with Crippen LogP contribution in [0.4, 0.5) is 0 Å². The first-order valence-corrected chi connectivity index (χ1v) is 15.3. The summed E-state index contributed by atoms with van der Waals surface area (Å²) in [7, 11) is -1.37. The van der Waals surface area contributed by atoms with Crippen molar-refractivity contribution >= 4 is 32.1 Å². The molecule has 3 rings (SSSR count). The molecule has 1 heterocycles. The molecule has 1 saturated heterocycles. The first-order chi connectivity index (χ1) is 17.0. The van der Waals surface area contributed by atoms with Crippen molar-refractivity contribution in [3.05, 3.63) is 53.1 Å². The smallest absolute Gasteiger partial charge is 0.201 e. The Morgan fingerprint density at radius 1 is 0.838 bits per heavy atom. The molecule has 8 nitrogen and oxygen atoms in total. The minimum absolute atomic E-state index is 0. The van der Waals surface area contributed by atoms with Crippen molar-refractivity contribution in [2.45, 2.75) is 36.7 Å². The Morgan fingerprint density at radius 2 is 1.43 bits per heavy atom. The van der Waals surface area contributed by atoms with Gasteiger partial charge in [0.2, 0.25) is 4.08 Å². The number of rotatable bonds is 11. The zero-order chi connectivity index (χ0) is 26.6. The van der Waals surface area contributed by atoms with Crippen LogP contribution in [-0.4, -0.2) is 74.7 Å². The van der Waals surface area contributed by atoms with Gasteiger partial charge in [0.05, 0.1) is 32.8 Å². The van der Waals surface area contributed by atoms with E-state index in [0.29, 0.717) is 24.5 Å². The number of ether oxygens (including phenoxy) is 3. The van der Waals surface area contributed by atoms with E-state index in [1.165, 1.54) is 7.11 Å². The van der Waals surface area contributed by atoms with Crippen LogP contribution >= 0.6 is 12.4 Å². The Kier molecular flexibility index (Phi) is 10.7. The van der Waals surface area contributed by atoms with Crippen LogP contribution in [0.25, 0.3) is 0 Å². The maximum atomic E-state index is 13.5. The highest BCUT2D eigenvalue weighted by Gasteiger charge is 2.58. The van der Waals surface area contributed by atoms with E-state index in [9.17, 15) is 16.8 Å². The van der Waals surface area contributed by atoms with Gasteiger partial charge in [-0.2, -0.15) is 0 Å². The molecule has 0 aromatic heterocycles. The van der Waals surface area contributed by atoms with Gasteiger partial charge in [0.1, 0.15) is 5.75 Å². The van der Waals surface area contributed by atoms with Crippen LogP contribution in [0.1, 0.15) is 36.0 Å². The first kappa shape index (κ1) is 31.2. The van der Waals surface area contributed by atoms with Crippen LogP contribution in [0.3, 0.4) is 0 Å². The Morgan fingerprint density at radius 3 is 2.03 bits per heavy atom. The molecule has 0 aliphatic carbocycles. The van der Waals surface area contributed by atoms with Crippen LogP contribution in [-0.2, 0) is 30.2 Å². The summed E-state index contributed by atoms with van der Waals surface area (Å²) in [5.41, 5.74) is 2.10. The lowest BCUT2D eigenvalue weighted by molar-refractivity contribution is 0.324. The van der Waals surface area contributed by atoms with Crippen molar-refractivity contribution in [2.24, 2.45) is 0 Å². The van der Waals surface area contributed by atoms with Gasteiger partial charge in [0.25, 0.3) is 0 Å². The molecular weight excluding hydrogens is 538 g/mol. The SMILES string of the molecule is COc1ccc(CCN(C)CCCC2(c3cc(C)ccc3OC)S(=O)(=O)CCCS2(=O)=O)cc1OC.Cl. The molecule has 0 amide bonds. The summed E-state index contributed by atoms with van der Waals surface area (Å²) in [4.78, 5) is 2.08. The maximum absolute atomic E-state index is 13.5. The average Bonchev–Trinajstić information content (AvgIpc) is 2.83. The molecule has 1 fully saturated rings. The van der Waals surface area contributed by atoms with E-state index in [2.05, 4.69) is 4.90 Å². The number of methoxy groups -OCH3 is 3. The molecule has 0 spiro atoms. The number of hydrogen-bond acceptors (Lipinski definition) is 8. The predicted molar refractivity (Wildman–Crippen MR) is 149 cm³/mol. The largest absolute Gasteiger partial charge is 0.496 e. The summed E-state index contributed by atoms with van der Waals surface area (Å²) in [6.07, 6.45) is 1.26. The molecule has 0 atom stereocenters. The standard InChI is InChI=1S/C26H37NO7S2.ClH/c1-20-8-10-23(32-3)22(18-20)26(35(28,29)16-7-17-36(26,30)31)13-6-14-27(2)15-12-21-9-11-24(33-4)25(19-21)34-5;/h8-11,18-19H,6-7,12-17H2,1-5H3;1H. The van der Waals surface area contributed by atoms with E-state index in [-0.39, 0.29) is 48.1 Å². The van der Waals surface area contributed by atoms with E-state index >= 15 is 0 Å². The number of sulfone groups is 2. The van der Waals surface area contributed by atoms with E-state index < -0.39 is 23.8 Å². The number of benzene rings is 2. The average molecular weight is 576 g/mol. The Bertz CT molecular complexity index is 1250. The zero-order valence-corrected chi connectivity index (χ0v) is 24.6. The van der Waals surface area contributed by atoms with E-state index in [4.69, 9.17) is 14.2 Å². The lowest BCUT2D eigenvalue weighted by atomic mass is 10.0. The summed E-state index contributed by atoms with van der Waals surface area (Å²) in [5, 5.41) is 0. The van der Waals surface area contributed by atoms with Crippen molar-refractivity contribution in [1.82, 2.24) is 4.90 Å². The van der Waals surface area contributed by atoms with Gasteiger partial charge in [-0.3, -0.25) is 0 Å². The summed E-state index contributed by atoms with van der Waals surface area (Å²) in [5.74, 6) is 1.31. The molecule has 0 radical (unpaired) electrons. The second-order valence-corrected chi connectivity index (χ2v) is 14.2. The highest BCUT2D eigenvalue weighted by Crippen LogP contribution is 2.48. The minimum atomic E-state index is -3.97. The van der Waals surface area contributed by atoms with Gasteiger partial charge in [0, 0.05) is 12.1 Å². The fraction of sp³-hybridized carbons (Fsp3) is 0.538. The Balaban J connectivity index is 0.00000481. The van der Waals surface area contributed by atoms with Crippen molar-refractivity contribution < 1.29 is 31.0 Å². The molecule has 2 aromatic rings. The molecule has 0 N–H and O–H groups in total. The predicted octanol–water partition coefficient (Wildman–Crippen LogP) is 3.78. The Hall–Kier alpha value is -2.01. The normalized spacial score (nSPS) is 17.6. The molecule has 1 aliphatic rings. The fourth-order valence-electron chi connectivity index (χ4n) is 4.91. The number of likely N-dealkylation sites (N-methyl/N-ethyl adjacent to an activating group) is 1. The highest BCUT2D eigenvalue weighted by molar-refractivity contribution is 8.10. The molecule has 208 valence electrons. The number of nitrogens with zero attached hydrogens (tertiary/aromatic N) is 1. The maximum Gasteiger partial charge on any atom is 0.201 e. The lowest BCUT2D eigenvalue weighted by Crippen LogP contribution is -2.50. The summed E-state index contributed by atoms with van der Waals surface area (Å²) in [6.45, 7) is 3.09. The first-order valence-electron chi connectivity index (χ1n) is 12.0. The highest BCUT2D eigenvalue weighted by atomic mass is 35.5. The second kappa shape index (κ2) is 12.7. The molecule has 0 unspecified atom stereocenters. The van der Waals surface area contributed by atoms with Crippen molar-refractivity contribution in [3.63, 3.8) is 0 Å². The number of halogens is 1. The molecular formula is C26H38ClNO7S2.